The van der Waals surface area contributed by atoms with Crippen LogP contribution in [0.2, 0.25) is 0 Å². The Kier molecular flexibility index (Phi) is 6.21. The first-order valence-electron chi connectivity index (χ1n) is 13.5. The van der Waals surface area contributed by atoms with Crippen molar-refractivity contribution < 1.29 is 29.9 Å². The second-order valence-electron chi connectivity index (χ2n) is 10.2. The summed E-state index contributed by atoms with van der Waals surface area (Å²) in [5.41, 5.74) is 5.44. The van der Waals surface area contributed by atoms with E-state index in [2.05, 4.69) is 62.5 Å². The zero-order chi connectivity index (χ0) is 28.4. The number of anilines is 1. The molecule has 7 heteroatoms. The number of aromatic nitrogens is 1. The van der Waals surface area contributed by atoms with Gasteiger partial charge in [-0.3, -0.25) is 4.98 Å². The normalized spacial score (nSPS) is 15.6. The molecule has 0 bridgehead atoms. The van der Waals surface area contributed by atoms with Crippen LogP contribution in [0.1, 0.15) is 44.3 Å². The van der Waals surface area contributed by atoms with Crippen molar-refractivity contribution >= 4 is 48.5 Å². The number of hydrogen-bond acceptors (Lipinski definition) is 6. The van der Waals surface area contributed by atoms with Crippen LogP contribution in [0.15, 0.2) is 65.4 Å². The topological polar surface area (TPSA) is 28.6 Å². The van der Waals surface area contributed by atoms with Crippen molar-refractivity contribution in [2.75, 3.05) is 11.9 Å². The van der Waals surface area contributed by atoms with Gasteiger partial charge in [0.15, 0.2) is 0 Å². The van der Waals surface area contributed by atoms with E-state index in [1.807, 2.05) is 36.2 Å². The maximum atomic E-state index is 7.83. The van der Waals surface area contributed by atoms with Crippen molar-refractivity contribution in [1.82, 2.24) is 9.88 Å². The Morgan fingerprint density at radius 1 is 1.08 bits per heavy atom. The predicted molar refractivity (Wildman–Crippen MR) is 156 cm³/mol. The fraction of sp³-hybridized carbons (Fsp3) is 0.226. The molecule has 0 atom stereocenters. The average molecular weight is 721 g/mol. The molecule has 4 heterocycles. The Morgan fingerprint density at radius 2 is 1.92 bits per heavy atom. The number of allylic oxidation sites excluding steroid dienone is 2. The van der Waals surface area contributed by atoms with Gasteiger partial charge in [-0.2, -0.15) is 40.8 Å². The summed E-state index contributed by atoms with van der Waals surface area (Å²) in [6, 6.07) is 21.0. The van der Waals surface area contributed by atoms with E-state index >= 15 is 0 Å². The number of fused-ring (bicyclic) bond motifs is 2. The number of nitrogens with zero attached hydrogens (tertiary/aromatic N) is 3. The first kappa shape index (κ1) is 23.2. The minimum Gasteiger partial charge on any atom is -0.508 e. The van der Waals surface area contributed by atoms with Crippen LogP contribution in [-0.4, -0.2) is 16.9 Å². The third kappa shape index (κ3) is 4.79. The molecule has 198 valence electrons. The Bertz CT molecular complexity index is 1790. The van der Waals surface area contributed by atoms with Crippen LogP contribution in [0.5, 0.6) is 10.8 Å². The van der Waals surface area contributed by atoms with Crippen molar-refractivity contribution in [3.63, 3.8) is 0 Å². The number of thiophene rings is 2. The molecule has 5 aromatic rings. The molecule has 0 spiro atoms. The largest absolute Gasteiger partial charge is 0.508 e. The van der Waals surface area contributed by atoms with Crippen LogP contribution in [0.25, 0.3) is 31.4 Å². The smallest absolute Gasteiger partial charge is 0.107 e. The van der Waals surface area contributed by atoms with Gasteiger partial charge in [0, 0.05) is 48.5 Å². The van der Waals surface area contributed by atoms with Crippen LogP contribution >= 0.6 is 22.7 Å². The standard InChI is InChI=1S/C31H28N3OS2.Pt/c1-19-20(2)34(18-33(19)6)23-8-7-9-24(16-23)35-28-17-25-27(37-28)14-21-11-13-36-30(21)29(25)26-15-22(10-12-32-26)31(3,4)5;/h7-15,18H,1-6H3;/q-3;/i6D3;. The van der Waals surface area contributed by atoms with E-state index in [4.69, 9.17) is 13.8 Å². The summed E-state index contributed by atoms with van der Waals surface area (Å²) >= 11 is 3.25. The first-order valence-corrected chi connectivity index (χ1v) is 13.7. The number of benzene rings is 2. The molecule has 0 amide bonds. The first-order chi connectivity index (χ1) is 18.9. The second-order valence-corrected chi connectivity index (χ2v) is 12.1. The fourth-order valence-electron chi connectivity index (χ4n) is 4.46. The van der Waals surface area contributed by atoms with E-state index in [0.29, 0.717) is 22.2 Å². The maximum absolute atomic E-state index is 7.83. The Labute approximate surface area is 251 Å². The van der Waals surface area contributed by atoms with Crippen LogP contribution < -0.4 is 9.64 Å². The summed E-state index contributed by atoms with van der Waals surface area (Å²) in [6.45, 7) is 9.66. The molecule has 1 aliphatic heterocycles. The van der Waals surface area contributed by atoms with E-state index in [1.165, 1.54) is 31.9 Å². The summed E-state index contributed by atoms with van der Waals surface area (Å²) in [7, 11) is 0. The van der Waals surface area contributed by atoms with Crippen molar-refractivity contribution in [3.8, 4) is 22.1 Å². The fourth-order valence-corrected chi connectivity index (χ4v) is 6.32. The van der Waals surface area contributed by atoms with Crippen LogP contribution in [-0.2, 0) is 26.5 Å². The van der Waals surface area contributed by atoms with Gasteiger partial charge < -0.3 is 14.5 Å². The van der Waals surface area contributed by atoms with Gasteiger partial charge in [0.25, 0.3) is 0 Å². The van der Waals surface area contributed by atoms with Crippen molar-refractivity contribution in [2.45, 2.75) is 40.0 Å². The van der Waals surface area contributed by atoms with Crippen molar-refractivity contribution in [3.05, 3.63) is 89.8 Å². The number of pyridine rings is 1. The molecule has 0 unspecified atom stereocenters. The third-order valence-corrected chi connectivity index (χ3v) is 8.57. The third-order valence-electron chi connectivity index (χ3n) is 6.71. The molecular weight excluding hydrogens is 690 g/mol. The van der Waals surface area contributed by atoms with E-state index in [9.17, 15) is 0 Å². The molecule has 0 saturated carbocycles. The second kappa shape index (κ2) is 10.1. The SMILES string of the molecule is [2H]C([2H])([2H])N1[CH-]N(c2[c-]c(Oc3[c-]c4c(-c5cc(C(C)(C)C)ccn5)c5sccc5cc4s3)ccc2)C(C)=C1C.[Pt]. The van der Waals surface area contributed by atoms with Gasteiger partial charge in [-0.05, 0) is 71.2 Å². The summed E-state index contributed by atoms with van der Waals surface area (Å²) in [5.74, 6) is 0.530. The van der Waals surface area contributed by atoms with E-state index in [0.717, 1.165) is 27.0 Å². The molecule has 0 aliphatic carbocycles. The zero-order valence-corrected chi connectivity index (χ0v) is 25.6. The van der Waals surface area contributed by atoms with E-state index in [-0.39, 0.29) is 26.5 Å². The molecule has 4 nitrogen and oxygen atoms in total. The van der Waals surface area contributed by atoms with Gasteiger partial charge in [-0.25, -0.2) is 0 Å². The van der Waals surface area contributed by atoms with E-state index in [1.54, 1.807) is 24.9 Å². The minimum atomic E-state index is -2.26. The number of rotatable bonds is 4. The Balaban J connectivity index is 0.00000337. The van der Waals surface area contributed by atoms with Gasteiger partial charge in [0.2, 0.25) is 0 Å². The van der Waals surface area contributed by atoms with E-state index < -0.39 is 6.98 Å². The molecule has 0 N–H and O–H groups in total. The zero-order valence-electron chi connectivity index (χ0n) is 24.7. The molecular formula is C31H28N3OPtS2-3. The molecule has 0 saturated heterocycles. The van der Waals surface area contributed by atoms with Gasteiger partial charge in [0.1, 0.15) is 5.06 Å². The number of ether oxygens (including phenoxy) is 1. The van der Waals surface area contributed by atoms with Crippen LogP contribution in [0, 0.1) is 18.8 Å². The molecule has 38 heavy (non-hydrogen) atoms. The molecule has 6 rings (SSSR count). The molecule has 3 aromatic heterocycles. The van der Waals surface area contributed by atoms with Crippen LogP contribution in [0.4, 0.5) is 5.69 Å². The minimum absolute atomic E-state index is 0. The van der Waals surface area contributed by atoms with Gasteiger partial charge in [0.05, 0.1) is 0 Å². The molecule has 0 fully saturated rings. The summed E-state index contributed by atoms with van der Waals surface area (Å²) in [5, 5.41) is 4.91. The summed E-state index contributed by atoms with van der Waals surface area (Å²) < 4.78 is 32.1. The van der Waals surface area contributed by atoms with Gasteiger partial charge in [-0.15, -0.1) is 30.0 Å². The van der Waals surface area contributed by atoms with Crippen LogP contribution in [0.3, 0.4) is 0 Å². The van der Waals surface area contributed by atoms with Crippen molar-refractivity contribution in [2.24, 2.45) is 0 Å². The van der Waals surface area contributed by atoms with Gasteiger partial charge in [-0.1, -0.05) is 37.1 Å². The summed E-state index contributed by atoms with van der Waals surface area (Å²) in [6.07, 6.45) is 1.89. The maximum Gasteiger partial charge on any atom is 0.107 e. The summed E-state index contributed by atoms with van der Waals surface area (Å²) in [4.78, 5) is 7.90. The molecule has 1 aliphatic rings. The monoisotopic (exact) mass is 720 g/mol. The average Bonchev–Trinajstić information content (AvgIpc) is 3.59. The Morgan fingerprint density at radius 3 is 2.68 bits per heavy atom. The van der Waals surface area contributed by atoms with Crippen molar-refractivity contribution in [1.29, 1.82) is 0 Å². The quantitative estimate of drug-likeness (QED) is 0.174. The molecule has 2 aromatic carbocycles. The predicted octanol–water partition coefficient (Wildman–Crippen LogP) is 8.99. The number of hydrogen-bond donors (Lipinski definition) is 0. The molecule has 0 radical (unpaired) electrons. The Hall–Kier alpha value is -2.66. The van der Waals surface area contributed by atoms with Gasteiger partial charge >= 0.3 is 0 Å².